The molecule has 1 N–H and O–H groups in total. The summed E-state index contributed by atoms with van der Waals surface area (Å²) in [4.78, 5) is 5.14. The van der Waals surface area contributed by atoms with Crippen molar-refractivity contribution in [3.63, 3.8) is 0 Å². The average molecular weight is 250 g/mol. The zero-order chi connectivity index (χ0) is 12.8. The van der Waals surface area contributed by atoms with E-state index in [1.54, 1.807) is 0 Å². The van der Waals surface area contributed by atoms with Gasteiger partial charge in [0.05, 0.1) is 12.1 Å². The predicted octanol–water partition coefficient (Wildman–Crippen LogP) is 1.05. The van der Waals surface area contributed by atoms with Gasteiger partial charge in [-0.05, 0) is 32.2 Å². The molecule has 4 heteroatoms. The van der Waals surface area contributed by atoms with Crippen molar-refractivity contribution in [2.75, 3.05) is 39.3 Å². The van der Waals surface area contributed by atoms with Crippen molar-refractivity contribution in [1.82, 2.24) is 15.1 Å². The van der Waals surface area contributed by atoms with Gasteiger partial charge in [0.25, 0.3) is 0 Å². The van der Waals surface area contributed by atoms with Crippen LogP contribution in [0, 0.1) is 11.3 Å². The molecular formula is C14H26N4. The van der Waals surface area contributed by atoms with E-state index < -0.39 is 0 Å². The first-order valence-corrected chi connectivity index (χ1v) is 7.43. The van der Waals surface area contributed by atoms with E-state index in [0.29, 0.717) is 0 Å². The van der Waals surface area contributed by atoms with Crippen LogP contribution in [-0.2, 0) is 0 Å². The molecule has 1 aliphatic carbocycles. The Balaban J connectivity index is 1.60. The van der Waals surface area contributed by atoms with Gasteiger partial charge in [-0.15, -0.1) is 0 Å². The Bertz CT molecular complexity index is 274. The summed E-state index contributed by atoms with van der Waals surface area (Å²) in [7, 11) is 0. The van der Waals surface area contributed by atoms with Crippen LogP contribution < -0.4 is 5.32 Å². The fourth-order valence-corrected chi connectivity index (χ4v) is 2.63. The summed E-state index contributed by atoms with van der Waals surface area (Å²) in [6.07, 6.45) is 4.88. The monoisotopic (exact) mass is 250 g/mol. The number of nitrogens with zero attached hydrogens (tertiary/aromatic N) is 3. The first-order chi connectivity index (χ1) is 8.83. The van der Waals surface area contributed by atoms with Crippen LogP contribution in [0.1, 0.15) is 32.6 Å². The molecule has 4 nitrogen and oxygen atoms in total. The lowest BCUT2D eigenvalue weighted by Gasteiger charge is -2.35. The lowest BCUT2D eigenvalue weighted by atomic mass is 10.2. The molecule has 1 heterocycles. The lowest BCUT2D eigenvalue weighted by molar-refractivity contribution is 0.124. The maximum Gasteiger partial charge on any atom is 0.0965 e. The Labute approximate surface area is 111 Å². The molecule has 1 saturated heterocycles. The van der Waals surface area contributed by atoms with Crippen LogP contribution >= 0.6 is 0 Å². The molecule has 2 aliphatic rings. The molecule has 0 spiro atoms. The minimum atomic E-state index is 0.0337. The number of rotatable bonds is 7. The average Bonchev–Trinajstić information content (AvgIpc) is 3.24. The topological polar surface area (TPSA) is 42.3 Å². The lowest BCUT2D eigenvalue weighted by Crippen LogP contribution is -2.48. The van der Waals surface area contributed by atoms with E-state index in [0.717, 1.165) is 32.0 Å². The summed E-state index contributed by atoms with van der Waals surface area (Å²) >= 11 is 0. The number of hydrogen-bond donors (Lipinski definition) is 1. The maximum absolute atomic E-state index is 9.07. The number of hydrogen-bond acceptors (Lipinski definition) is 4. The zero-order valence-electron chi connectivity index (χ0n) is 11.6. The molecule has 1 unspecified atom stereocenters. The third-order valence-electron chi connectivity index (χ3n) is 4.00. The molecule has 0 aromatic rings. The van der Waals surface area contributed by atoms with Gasteiger partial charge in [0, 0.05) is 38.8 Å². The molecule has 0 radical (unpaired) electrons. The Morgan fingerprint density at radius 2 is 2.00 bits per heavy atom. The van der Waals surface area contributed by atoms with E-state index in [2.05, 4.69) is 28.1 Å². The molecule has 2 fully saturated rings. The molecule has 1 atom stereocenters. The van der Waals surface area contributed by atoms with E-state index in [1.807, 2.05) is 0 Å². The summed E-state index contributed by atoms with van der Waals surface area (Å²) in [5.74, 6) is 0. The summed E-state index contributed by atoms with van der Waals surface area (Å²) < 4.78 is 0. The van der Waals surface area contributed by atoms with Crippen molar-refractivity contribution in [1.29, 1.82) is 5.26 Å². The predicted molar refractivity (Wildman–Crippen MR) is 73.3 cm³/mol. The van der Waals surface area contributed by atoms with Crippen LogP contribution in [0.4, 0.5) is 0 Å². The van der Waals surface area contributed by atoms with Gasteiger partial charge < -0.3 is 10.2 Å². The van der Waals surface area contributed by atoms with Crippen molar-refractivity contribution in [2.24, 2.45) is 0 Å². The molecule has 102 valence electrons. The van der Waals surface area contributed by atoms with E-state index >= 15 is 0 Å². The molecule has 0 aromatic heterocycles. The van der Waals surface area contributed by atoms with E-state index in [1.165, 1.54) is 39.0 Å². The standard InChI is InChI=1S/C14H26N4/c1-2-6-16-13(12-15)5-7-17-8-10-18(11-9-17)14-3-4-14/h13-14,16H,2-11H2,1H3. The smallest absolute Gasteiger partial charge is 0.0965 e. The molecule has 0 amide bonds. The fraction of sp³-hybridized carbons (Fsp3) is 0.929. The number of nitriles is 1. The van der Waals surface area contributed by atoms with Gasteiger partial charge in [0.1, 0.15) is 0 Å². The van der Waals surface area contributed by atoms with Crippen molar-refractivity contribution in [2.45, 2.75) is 44.7 Å². The summed E-state index contributed by atoms with van der Waals surface area (Å²) in [6, 6.07) is 3.31. The first-order valence-electron chi connectivity index (χ1n) is 7.43. The van der Waals surface area contributed by atoms with Crippen LogP contribution in [0.25, 0.3) is 0 Å². The van der Waals surface area contributed by atoms with Crippen LogP contribution in [0.5, 0.6) is 0 Å². The van der Waals surface area contributed by atoms with Gasteiger partial charge in [-0.3, -0.25) is 4.90 Å². The van der Waals surface area contributed by atoms with Gasteiger partial charge in [-0.2, -0.15) is 5.26 Å². The van der Waals surface area contributed by atoms with Gasteiger partial charge in [0.2, 0.25) is 0 Å². The Morgan fingerprint density at radius 3 is 2.56 bits per heavy atom. The summed E-state index contributed by atoms with van der Waals surface area (Å²) in [5, 5.41) is 12.4. The van der Waals surface area contributed by atoms with Gasteiger partial charge >= 0.3 is 0 Å². The second-order valence-corrected chi connectivity index (χ2v) is 5.53. The van der Waals surface area contributed by atoms with Gasteiger partial charge in [0.15, 0.2) is 0 Å². The van der Waals surface area contributed by atoms with E-state index in [9.17, 15) is 0 Å². The first kappa shape index (κ1) is 13.8. The minimum absolute atomic E-state index is 0.0337. The molecule has 1 saturated carbocycles. The molecule has 2 rings (SSSR count). The minimum Gasteiger partial charge on any atom is -0.302 e. The fourth-order valence-electron chi connectivity index (χ4n) is 2.63. The summed E-state index contributed by atoms with van der Waals surface area (Å²) in [5.41, 5.74) is 0. The third-order valence-corrected chi connectivity index (χ3v) is 4.00. The van der Waals surface area contributed by atoms with Gasteiger partial charge in [-0.1, -0.05) is 6.92 Å². The van der Waals surface area contributed by atoms with Crippen molar-refractivity contribution >= 4 is 0 Å². The molecule has 1 aliphatic heterocycles. The second-order valence-electron chi connectivity index (χ2n) is 5.53. The highest BCUT2D eigenvalue weighted by atomic mass is 15.3. The highest BCUT2D eigenvalue weighted by molar-refractivity contribution is 4.91. The number of nitrogens with one attached hydrogen (secondary N) is 1. The quantitative estimate of drug-likeness (QED) is 0.733. The number of piperazine rings is 1. The third kappa shape index (κ3) is 4.24. The molecule has 0 aromatic carbocycles. The van der Waals surface area contributed by atoms with Crippen molar-refractivity contribution < 1.29 is 0 Å². The van der Waals surface area contributed by atoms with Crippen LogP contribution in [0.15, 0.2) is 0 Å². The highest BCUT2D eigenvalue weighted by Crippen LogP contribution is 2.27. The Morgan fingerprint density at radius 1 is 1.28 bits per heavy atom. The molecular weight excluding hydrogens is 224 g/mol. The Hall–Kier alpha value is -0.630. The highest BCUT2D eigenvalue weighted by Gasteiger charge is 2.31. The van der Waals surface area contributed by atoms with Crippen LogP contribution in [0.3, 0.4) is 0 Å². The molecule has 18 heavy (non-hydrogen) atoms. The Kier molecular flexibility index (Phi) is 5.43. The zero-order valence-corrected chi connectivity index (χ0v) is 11.6. The van der Waals surface area contributed by atoms with Crippen LogP contribution in [-0.4, -0.2) is 61.2 Å². The van der Waals surface area contributed by atoms with Gasteiger partial charge in [-0.25, -0.2) is 0 Å². The SMILES string of the molecule is CCCNC(C#N)CCN1CCN(C2CC2)CC1. The van der Waals surface area contributed by atoms with E-state index in [-0.39, 0.29) is 6.04 Å². The van der Waals surface area contributed by atoms with E-state index in [4.69, 9.17) is 5.26 Å². The van der Waals surface area contributed by atoms with Crippen molar-refractivity contribution in [3.05, 3.63) is 0 Å². The van der Waals surface area contributed by atoms with Crippen LogP contribution in [0.2, 0.25) is 0 Å². The molecule has 0 bridgehead atoms. The largest absolute Gasteiger partial charge is 0.302 e. The summed E-state index contributed by atoms with van der Waals surface area (Å²) in [6.45, 7) is 8.97. The van der Waals surface area contributed by atoms with Crippen molar-refractivity contribution in [3.8, 4) is 6.07 Å². The second kappa shape index (κ2) is 7.08. The maximum atomic E-state index is 9.07. The normalized spacial score (nSPS) is 23.8.